The Morgan fingerprint density at radius 3 is 2.50 bits per heavy atom. The summed E-state index contributed by atoms with van der Waals surface area (Å²) in [5.74, 6) is -0.0870. The van der Waals surface area contributed by atoms with E-state index >= 15 is 0 Å². The SMILES string of the molecule is COc1ccc(OCC(=O)N(C)C)c(C(N)=O)c1. The number of hydrogen-bond donors (Lipinski definition) is 1. The molecule has 6 heteroatoms. The molecule has 1 rings (SSSR count). The van der Waals surface area contributed by atoms with Crippen LogP contribution in [-0.2, 0) is 4.79 Å². The lowest BCUT2D eigenvalue weighted by Crippen LogP contribution is -2.28. The molecule has 6 nitrogen and oxygen atoms in total. The number of ether oxygens (including phenoxy) is 2. The summed E-state index contributed by atoms with van der Waals surface area (Å²) < 4.78 is 10.3. The zero-order chi connectivity index (χ0) is 13.7. The zero-order valence-electron chi connectivity index (χ0n) is 10.6. The first-order valence-electron chi connectivity index (χ1n) is 5.26. The predicted molar refractivity (Wildman–Crippen MR) is 65.7 cm³/mol. The summed E-state index contributed by atoms with van der Waals surface area (Å²) in [5, 5.41) is 0. The van der Waals surface area contributed by atoms with Gasteiger partial charge in [0.1, 0.15) is 11.5 Å². The lowest BCUT2D eigenvalue weighted by molar-refractivity contribution is -0.130. The quantitative estimate of drug-likeness (QED) is 0.815. The van der Waals surface area contributed by atoms with Crippen LogP contribution < -0.4 is 15.2 Å². The number of carbonyl (C=O) groups is 2. The third-order valence-electron chi connectivity index (χ3n) is 2.30. The molecule has 2 amide bonds. The Kier molecular flexibility index (Phi) is 4.53. The van der Waals surface area contributed by atoms with Gasteiger partial charge in [-0.3, -0.25) is 9.59 Å². The Morgan fingerprint density at radius 2 is 2.00 bits per heavy atom. The van der Waals surface area contributed by atoms with E-state index < -0.39 is 5.91 Å². The topological polar surface area (TPSA) is 81.9 Å². The number of nitrogens with zero attached hydrogens (tertiary/aromatic N) is 1. The second kappa shape index (κ2) is 5.90. The van der Waals surface area contributed by atoms with E-state index in [0.717, 1.165) is 0 Å². The molecular formula is C12H16N2O4. The first kappa shape index (κ1) is 13.8. The smallest absolute Gasteiger partial charge is 0.259 e. The van der Waals surface area contributed by atoms with Crippen LogP contribution >= 0.6 is 0 Å². The molecule has 1 aromatic carbocycles. The van der Waals surface area contributed by atoms with E-state index in [0.29, 0.717) is 5.75 Å². The maximum absolute atomic E-state index is 11.4. The van der Waals surface area contributed by atoms with Gasteiger partial charge in [-0.15, -0.1) is 0 Å². The monoisotopic (exact) mass is 252 g/mol. The molecule has 2 N–H and O–H groups in total. The number of rotatable bonds is 5. The largest absolute Gasteiger partial charge is 0.497 e. The fourth-order valence-electron chi connectivity index (χ4n) is 1.22. The molecule has 0 radical (unpaired) electrons. The number of amides is 2. The number of benzene rings is 1. The third-order valence-corrected chi connectivity index (χ3v) is 2.30. The second-order valence-corrected chi connectivity index (χ2v) is 3.80. The van der Waals surface area contributed by atoms with Crippen LogP contribution in [0.3, 0.4) is 0 Å². The van der Waals surface area contributed by atoms with Gasteiger partial charge in [-0.05, 0) is 18.2 Å². The molecule has 0 fully saturated rings. The molecule has 1 aromatic rings. The van der Waals surface area contributed by atoms with Gasteiger partial charge >= 0.3 is 0 Å². The van der Waals surface area contributed by atoms with Crippen LogP contribution in [0.5, 0.6) is 11.5 Å². The Balaban J connectivity index is 2.88. The molecule has 0 atom stereocenters. The lowest BCUT2D eigenvalue weighted by atomic mass is 10.2. The van der Waals surface area contributed by atoms with Crippen LogP contribution in [-0.4, -0.2) is 44.5 Å². The highest BCUT2D eigenvalue weighted by Gasteiger charge is 2.13. The molecule has 0 aromatic heterocycles. The van der Waals surface area contributed by atoms with E-state index in [2.05, 4.69) is 0 Å². The van der Waals surface area contributed by atoms with E-state index in [4.69, 9.17) is 15.2 Å². The summed E-state index contributed by atoms with van der Waals surface area (Å²) in [5.41, 5.74) is 5.42. The molecule has 18 heavy (non-hydrogen) atoms. The zero-order valence-corrected chi connectivity index (χ0v) is 10.6. The van der Waals surface area contributed by atoms with Crippen molar-refractivity contribution in [3.05, 3.63) is 23.8 Å². The summed E-state index contributed by atoms with van der Waals surface area (Å²) in [6.45, 7) is -0.153. The highest BCUT2D eigenvalue weighted by Crippen LogP contribution is 2.23. The van der Waals surface area contributed by atoms with Crippen molar-refractivity contribution >= 4 is 11.8 Å². The standard InChI is InChI=1S/C12H16N2O4/c1-14(2)11(15)7-18-10-5-4-8(17-3)6-9(10)12(13)16/h4-6H,7H2,1-3H3,(H2,13,16). The Hall–Kier alpha value is -2.24. The van der Waals surface area contributed by atoms with Crippen LogP contribution in [0.25, 0.3) is 0 Å². The van der Waals surface area contributed by atoms with Crippen LogP contribution in [0.2, 0.25) is 0 Å². The fraction of sp³-hybridized carbons (Fsp3) is 0.333. The number of carbonyl (C=O) groups excluding carboxylic acids is 2. The van der Waals surface area contributed by atoms with Gasteiger partial charge in [-0.1, -0.05) is 0 Å². The van der Waals surface area contributed by atoms with Crippen LogP contribution in [0.15, 0.2) is 18.2 Å². The van der Waals surface area contributed by atoms with E-state index in [-0.39, 0.29) is 23.8 Å². The number of primary amides is 1. The number of nitrogens with two attached hydrogens (primary N) is 1. The van der Waals surface area contributed by atoms with Crippen molar-refractivity contribution in [3.63, 3.8) is 0 Å². The molecular weight excluding hydrogens is 236 g/mol. The van der Waals surface area contributed by atoms with Gasteiger partial charge in [-0.25, -0.2) is 0 Å². The molecule has 0 aliphatic rings. The summed E-state index contributed by atoms with van der Waals surface area (Å²) in [6, 6.07) is 4.64. The normalized spacial score (nSPS) is 9.72. The van der Waals surface area contributed by atoms with Crippen molar-refractivity contribution in [1.29, 1.82) is 0 Å². The maximum Gasteiger partial charge on any atom is 0.259 e. The molecule has 98 valence electrons. The second-order valence-electron chi connectivity index (χ2n) is 3.80. The van der Waals surface area contributed by atoms with Crippen LogP contribution in [0.4, 0.5) is 0 Å². The summed E-state index contributed by atoms with van der Waals surface area (Å²) in [4.78, 5) is 24.0. The average Bonchev–Trinajstić information content (AvgIpc) is 2.35. The first-order chi connectivity index (χ1) is 8.45. The lowest BCUT2D eigenvalue weighted by Gasteiger charge is -2.13. The summed E-state index contributed by atoms with van der Waals surface area (Å²) in [6.07, 6.45) is 0. The maximum atomic E-state index is 11.4. The van der Waals surface area contributed by atoms with E-state index in [1.54, 1.807) is 26.2 Å². The van der Waals surface area contributed by atoms with Crippen molar-refractivity contribution < 1.29 is 19.1 Å². The molecule has 0 unspecified atom stereocenters. The Morgan fingerprint density at radius 1 is 1.33 bits per heavy atom. The highest BCUT2D eigenvalue weighted by molar-refractivity contribution is 5.96. The minimum absolute atomic E-state index is 0.153. The van der Waals surface area contributed by atoms with E-state index in [9.17, 15) is 9.59 Å². The van der Waals surface area contributed by atoms with Crippen molar-refractivity contribution in [2.24, 2.45) is 5.73 Å². The third kappa shape index (κ3) is 3.38. The fourth-order valence-corrected chi connectivity index (χ4v) is 1.22. The molecule has 0 spiro atoms. The Bertz CT molecular complexity index is 457. The average molecular weight is 252 g/mol. The minimum Gasteiger partial charge on any atom is -0.497 e. The molecule has 0 aliphatic carbocycles. The molecule has 0 saturated carbocycles. The van der Waals surface area contributed by atoms with Crippen LogP contribution in [0, 0.1) is 0 Å². The number of methoxy groups -OCH3 is 1. The van der Waals surface area contributed by atoms with Gasteiger partial charge in [0, 0.05) is 14.1 Å². The summed E-state index contributed by atoms with van der Waals surface area (Å²) >= 11 is 0. The van der Waals surface area contributed by atoms with Crippen LogP contribution in [0.1, 0.15) is 10.4 Å². The molecule has 0 bridgehead atoms. The van der Waals surface area contributed by atoms with Crippen molar-refractivity contribution in [3.8, 4) is 11.5 Å². The van der Waals surface area contributed by atoms with Gasteiger partial charge in [0.15, 0.2) is 6.61 Å². The summed E-state index contributed by atoms with van der Waals surface area (Å²) in [7, 11) is 4.72. The molecule has 0 aliphatic heterocycles. The van der Waals surface area contributed by atoms with Gasteiger partial charge in [0.05, 0.1) is 12.7 Å². The van der Waals surface area contributed by atoms with E-state index in [1.807, 2.05) is 0 Å². The van der Waals surface area contributed by atoms with Gasteiger partial charge in [0.25, 0.3) is 11.8 Å². The highest BCUT2D eigenvalue weighted by atomic mass is 16.5. The number of likely N-dealkylation sites (N-methyl/N-ethyl adjacent to an activating group) is 1. The molecule has 0 saturated heterocycles. The van der Waals surface area contributed by atoms with E-state index in [1.165, 1.54) is 18.1 Å². The van der Waals surface area contributed by atoms with Crippen molar-refractivity contribution in [2.75, 3.05) is 27.8 Å². The first-order valence-corrected chi connectivity index (χ1v) is 5.26. The Labute approximate surface area is 105 Å². The van der Waals surface area contributed by atoms with Gasteiger partial charge < -0.3 is 20.1 Å². The minimum atomic E-state index is -0.638. The predicted octanol–water partition coefficient (Wildman–Crippen LogP) is 0.261. The van der Waals surface area contributed by atoms with Gasteiger partial charge in [-0.2, -0.15) is 0 Å². The molecule has 0 heterocycles. The van der Waals surface area contributed by atoms with Gasteiger partial charge in [0.2, 0.25) is 0 Å². The van der Waals surface area contributed by atoms with Crippen molar-refractivity contribution in [1.82, 2.24) is 4.90 Å². The number of hydrogen-bond acceptors (Lipinski definition) is 4. The van der Waals surface area contributed by atoms with Crippen molar-refractivity contribution in [2.45, 2.75) is 0 Å².